The highest BCUT2D eigenvalue weighted by molar-refractivity contribution is 7.89. The third-order valence-corrected chi connectivity index (χ3v) is 3.47. The van der Waals surface area contributed by atoms with Crippen molar-refractivity contribution in [2.24, 2.45) is 0 Å². The van der Waals surface area contributed by atoms with Crippen LogP contribution >= 0.6 is 11.6 Å². The smallest absolute Gasteiger partial charge is 0.252 e. The van der Waals surface area contributed by atoms with E-state index in [1.165, 1.54) is 24.3 Å². The number of benzene rings is 1. The minimum Gasteiger partial charge on any atom is -0.276 e. The summed E-state index contributed by atoms with van der Waals surface area (Å²) in [6.07, 6.45) is 0. The number of carbonyl (C=O) groups excluding carboxylic acids is 1. The van der Waals surface area contributed by atoms with Gasteiger partial charge in [-0.3, -0.25) is 4.79 Å². The van der Waals surface area contributed by atoms with Gasteiger partial charge in [-0.15, -0.1) is 0 Å². The molecule has 0 saturated carbocycles. The van der Waals surface area contributed by atoms with E-state index < -0.39 is 15.3 Å². The number of hydrogen-bond donors (Lipinski definition) is 1. The lowest BCUT2D eigenvalue weighted by Crippen LogP contribution is -2.23. The van der Waals surface area contributed by atoms with Gasteiger partial charge in [0.15, 0.2) is 0 Å². The van der Waals surface area contributed by atoms with Crippen LogP contribution in [0.15, 0.2) is 29.2 Å². The molecule has 0 bridgehead atoms. The molecule has 0 unspecified atom stereocenters. The highest BCUT2D eigenvalue weighted by atomic mass is 35.5. The summed E-state index contributed by atoms with van der Waals surface area (Å²) in [5.74, 6) is 0. The highest BCUT2D eigenvalue weighted by Crippen LogP contribution is 2.12. The maximum absolute atomic E-state index is 11.5. The molecule has 4 nitrogen and oxygen atoms in total. The Kier molecular flexibility index (Phi) is 3.84. The van der Waals surface area contributed by atoms with Gasteiger partial charge in [0.05, 0.1) is 4.90 Å². The molecule has 0 aliphatic rings. The van der Waals surface area contributed by atoms with E-state index in [4.69, 9.17) is 11.6 Å². The van der Waals surface area contributed by atoms with Crippen LogP contribution in [0.5, 0.6) is 0 Å². The van der Waals surface area contributed by atoms with Crippen LogP contribution in [0, 0.1) is 0 Å². The zero-order valence-electron chi connectivity index (χ0n) is 8.03. The first-order valence-corrected chi connectivity index (χ1v) is 6.13. The third-order valence-electron chi connectivity index (χ3n) is 1.71. The second-order valence-electron chi connectivity index (χ2n) is 2.80. The van der Waals surface area contributed by atoms with Crippen LogP contribution in [0.3, 0.4) is 0 Å². The molecule has 1 aromatic carbocycles. The van der Waals surface area contributed by atoms with E-state index in [1.54, 1.807) is 6.92 Å². The average Bonchev–Trinajstić information content (AvgIpc) is 2.18. The molecule has 0 aromatic heterocycles. The first kappa shape index (κ1) is 12.2. The normalized spacial score (nSPS) is 11.3. The number of nitrogens with one attached hydrogen (secondary N) is 1. The van der Waals surface area contributed by atoms with Gasteiger partial charge < -0.3 is 0 Å². The van der Waals surface area contributed by atoms with Gasteiger partial charge >= 0.3 is 0 Å². The second-order valence-corrected chi connectivity index (χ2v) is 4.91. The molecule has 0 aliphatic heterocycles. The standard InChI is InChI=1S/C9H10ClNO3S/c1-2-11-15(13,14)8-5-3-4-7(6-8)9(10)12/h3-6,11H,2H2,1H3. The minimum atomic E-state index is -3.53. The van der Waals surface area contributed by atoms with Crippen LogP contribution in [0.25, 0.3) is 0 Å². The van der Waals surface area contributed by atoms with Crippen molar-refractivity contribution in [2.45, 2.75) is 11.8 Å². The van der Waals surface area contributed by atoms with E-state index in [0.717, 1.165) is 0 Å². The molecule has 0 spiro atoms. The molecule has 1 N–H and O–H groups in total. The van der Waals surface area contributed by atoms with E-state index in [0.29, 0.717) is 6.54 Å². The summed E-state index contributed by atoms with van der Waals surface area (Å²) in [6.45, 7) is 1.97. The van der Waals surface area contributed by atoms with Crippen LogP contribution in [-0.2, 0) is 10.0 Å². The Morgan fingerprint density at radius 2 is 2.13 bits per heavy atom. The fourth-order valence-corrected chi connectivity index (χ4v) is 2.26. The van der Waals surface area contributed by atoms with Crippen LogP contribution in [0.1, 0.15) is 17.3 Å². The van der Waals surface area contributed by atoms with Crippen molar-refractivity contribution in [2.75, 3.05) is 6.54 Å². The van der Waals surface area contributed by atoms with Crippen molar-refractivity contribution in [3.8, 4) is 0 Å². The second kappa shape index (κ2) is 4.74. The molecule has 0 aliphatic carbocycles. The van der Waals surface area contributed by atoms with Crippen molar-refractivity contribution in [1.82, 2.24) is 4.72 Å². The zero-order chi connectivity index (χ0) is 11.5. The minimum absolute atomic E-state index is 0.0378. The summed E-state index contributed by atoms with van der Waals surface area (Å²) in [5.41, 5.74) is 0.163. The number of halogens is 1. The molecule has 0 fully saturated rings. The Balaban J connectivity index is 3.16. The molecule has 0 amide bonds. The number of sulfonamides is 1. The summed E-state index contributed by atoms with van der Waals surface area (Å²) in [4.78, 5) is 10.9. The van der Waals surface area contributed by atoms with Crippen LogP contribution in [0.4, 0.5) is 0 Å². The summed E-state index contributed by atoms with van der Waals surface area (Å²) in [5, 5.41) is -0.677. The van der Waals surface area contributed by atoms with Crippen molar-refractivity contribution in [3.63, 3.8) is 0 Å². The Hall–Kier alpha value is -0.910. The quantitative estimate of drug-likeness (QED) is 0.818. The Morgan fingerprint density at radius 3 is 2.67 bits per heavy atom. The molecule has 0 atom stereocenters. The maximum atomic E-state index is 11.5. The van der Waals surface area contributed by atoms with Crippen molar-refractivity contribution < 1.29 is 13.2 Å². The average molecular weight is 248 g/mol. The molecule has 1 aromatic rings. The summed E-state index contributed by atoms with van der Waals surface area (Å²) < 4.78 is 25.4. The molecule has 0 saturated heterocycles. The van der Waals surface area contributed by atoms with Gasteiger partial charge in [0, 0.05) is 12.1 Å². The van der Waals surface area contributed by atoms with Gasteiger partial charge in [-0.25, -0.2) is 13.1 Å². The van der Waals surface area contributed by atoms with Crippen molar-refractivity contribution >= 4 is 26.9 Å². The number of rotatable bonds is 4. The molecule has 6 heteroatoms. The van der Waals surface area contributed by atoms with Crippen LogP contribution in [-0.4, -0.2) is 20.2 Å². The Morgan fingerprint density at radius 1 is 1.47 bits per heavy atom. The van der Waals surface area contributed by atoms with Crippen molar-refractivity contribution in [1.29, 1.82) is 0 Å². The molecule has 1 rings (SSSR count). The predicted octanol–water partition coefficient (Wildman–Crippen LogP) is 1.36. The fourth-order valence-electron chi connectivity index (χ4n) is 1.06. The summed E-state index contributed by atoms with van der Waals surface area (Å²) in [6, 6.07) is 5.58. The van der Waals surface area contributed by atoms with E-state index >= 15 is 0 Å². The predicted molar refractivity (Wildman–Crippen MR) is 57.5 cm³/mol. The van der Waals surface area contributed by atoms with Gasteiger partial charge in [-0.1, -0.05) is 19.1 Å². The molecule has 0 heterocycles. The summed E-state index contributed by atoms with van der Waals surface area (Å²) in [7, 11) is -3.53. The highest BCUT2D eigenvalue weighted by Gasteiger charge is 2.13. The number of hydrogen-bond acceptors (Lipinski definition) is 3. The lowest BCUT2D eigenvalue weighted by Gasteiger charge is -2.04. The van der Waals surface area contributed by atoms with Crippen molar-refractivity contribution in [3.05, 3.63) is 29.8 Å². The lowest BCUT2D eigenvalue weighted by atomic mass is 10.2. The first-order valence-electron chi connectivity index (χ1n) is 4.27. The molecular formula is C9H10ClNO3S. The van der Waals surface area contributed by atoms with Gasteiger partial charge in [0.25, 0.3) is 5.24 Å². The topological polar surface area (TPSA) is 63.2 Å². The Bertz CT molecular complexity index is 470. The molecule has 15 heavy (non-hydrogen) atoms. The lowest BCUT2D eigenvalue weighted by molar-refractivity contribution is 0.108. The fraction of sp³-hybridized carbons (Fsp3) is 0.222. The Labute approximate surface area is 93.3 Å². The monoisotopic (exact) mass is 247 g/mol. The number of carbonyl (C=O) groups is 1. The first-order chi connectivity index (χ1) is 6.97. The molecule has 0 radical (unpaired) electrons. The molecule has 82 valence electrons. The van der Waals surface area contributed by atoms with E-state index in [2.05, 4.69) is 4.72 Å². The van der Waals surface area contributed by atoms with E-state index in [9.17, 15) is 13.2 Å². The van der Waals surface area contributed by atoms with Gasteiger partial charge in [0.2, 0.25) is 10.0 Å². The summed E-state index contributed by atoms with van der Waals surface area (Å²) >= 11 is 5.25. The van der Waals surface area contributed by atoms with Crippen LogP contribution in [0.2, 0.25) is 0 Å². The van der Waals surface area contributed by atoms with Gasteiger partial charge in [-0.2, -0.15) is 0 Å². The zero-order valence-corrected chi connectivity index (χ0v) is 9.60. The SMILES string of the molecule is CCNS(=O)(=O)c1cccc(C(=O)Cl)c1. The van der Waals surface area contributed by atoms with E-state index in [1.807, 2.05) is 0 Å². The maximum Gasteiger partial charge on any atom is 0.252 e. The van der Waals surface area contributed by atoms with E-state index in [-0.39, 0.29) is 10.5 Å². The third kappa shape index (κ3) is 3.02. The van der Waals surface area contributed by atoms with Crippen LogP contribution < -0.4 is 4.72 Å². The van der Waals surface area contributed by atoms with Gasteiger partial charge in [0.1, 0.15) is 0 Å². The molecular weight excluding hydrogens is 238 g/mol. The van der Waals surface area contributed by atoms with Gasteiger partial charge in [-0.05, 0) is 23.7 Å². The largest absolute Gasteiger partial charge is 0.276 e.